The SMILES string of the molecule is Cc1c(C)c(C)c(S(=O)(=O)N(C)Cc2nccn2C(F)F)c(C)c1C. The maximum atomic E-state index is 13.1. The predicted octanol–water partition coefficient (Wildman–Crippen LogP) is 3.64. The summed E-state index contributed by atoms with van der Waals surface area (Å²) in [4.78, 5) is 4.10. The highest BCUT2D eigenvalue weighted by Gasteiger charge is 2.29. The van der Waals surface area contributed by atoms with Crippen molar-refractivity contribution in [1.29, 1.82) is 0 Å². The van der Waals surface area contributed by atoms with E-state index in [1.807, 2.05) is 20.8 Å². The lowest BCUT2D eigenvalue weighted by Crippen LogP contribution is -2.29. The van der Waals surface area contributed by atoms with E-state index in [4.69, 9.17) is 0 Å². The van der Waals surface area contributed by atoms with Crippen LogP contribution in [0.25, 0.3) is 0 Å². The molecule has 0 atom stereocenters. The van der Waals surface area contributed by atoms with E-state index >= 15 is 0 Å². The van der Waals surface area contributed by atoms with E-state index in [1.54, 1.807) is 13.8 Å². The predicted molar refractivity (Wildman–Crippen MR) is 92.3 cm³/mol. The highest BCUT2D eigenvalue weighted by Crippen LogP contribution is 2.31. The molecule has 0 bridgehead atoms. The Morgan fingerprint density at radius 3 is 2.00 bits per heavy atom. The molecule has 0 N–H and O–H groups in total. The lowest BCUT2D eigenvalue weighted by atomic mass is 9.95. The summed E-state index contributed by atoms with van der Waals surface area (Å²) in [5.74, 6) is -0.00284. The molecule has 2 aromatic rings. The zero-order chi connectivity index (χ0) is 19.1. The van der Waals surface area contributed by atoms with E-state index in [2.05, 4.69) is 4.98 Å². The summed E-state index contributed by atoms with van der Waals surface area (Å²) >= 11 is 0. The molecule has 1 aromatic heterocycles. The van der Waals surface area contributed by atoms with E-state index in [0.29, 0.717) is 15.7 Å². The summed E-state index contributed by atoms with van der Waals surface area (Å²) in [6.07, 6.45) is 2.37. The molecule has 0 aliphatic rings. The van der Waals surface area contributed by atoms with Gasteiger partial charge in [-0.3, -0.25) is 4.57 Å². The number of nitrogens with zero attached hydrogens (tertiary/aromatic N) is 3. The van der Waals surface area contributed by atoms with Crippen molar-refractivity contribution in [2.45, 2.75) is 52.6 Å². The standard InChI is InChI=1S/C17H23F2N3O2S/c1-10-11(2)13(4)16(14(5)12(10)3)25(23,24)21(6)9-15-20-7-8-22(15)17(18)19/h7-8,17H,9H2,1-6H3. The van der Waals surface area contributed by atoms with Crippen LogP contribution in [0.15, 0.2) is 17.3 Å². The van der Waals surface area contributed by atoms with Gasteiger partial charge in [-0.1, -0.05) is 0 Å². The van der Waals surface area contributed by atoms with Gasteiger partial charge in [-0.25, -0.2) is 13.4 Å². The third-order valence-electron chi connectivity index (χ3n) is 4.92. The first-order chi connectivity index (χ1) is 11.5. The van der Waals surface area contributed by atoms with Crippen LogP contribution in [-0.4, -0.2) is 29.3 Å². The van der Waals surface area contributed by atoms with Gasteiger partial charge < -0.3 is 0 Å². The molecule has 25 heavy (non-hydrogen) atoms. The molecular weight excluding hydrogens is 348 g/mol. The third kappa shape index (κ3) is 3.32. The zero-order valence-electron chi connectivity index (χ0n) is 15.3. The number of rotatable bonds is 5. The van der Waals surface area contributed by atoms with Crippen LogP contribution >= 0.6 is 0 Å². The summed E-state index contributed by atoms with van der Waals surface area (Å²) in [5, 5.41) is 0. The van der Waals surface area contributed by atoms with E-state index < -0.39 is 16.6 Å². The van der Waals surface area contributed by atoms with Crippen LogP contribution in [-0.2, 0) is 16.6 Å². The summed E-state index contributed by atoms with van der Waals surface area (Å²) < 4.78 is 53.9. The second-order valence-corrected chi connectivity index (χ2v) is 8.23. The van der Waals surface area contributed by atoms with Gasteiger partial charge in [0.25, 0.3) is 0 Å². The molecule has 138 valence electrons. The Hall–Kier alpha value is -1.80. The minimum Gasteiger partial charge on any atom is -0.277 e. The Labute approximate surface area is 147 Å². The van der Waals surface area contributed by atoms with Crippen LogP contribution in [0.5, 0.6) is 0 Å². The summed E-state index contributed by atoms with van der Waals surface area (Å²) in [5.41, 5.74) is 4.27. The topological polar surface area (TPSA) is 55.2 Å². The highest BCUT2D eigenvalue weighted by atomic mass is 32.2. The van der Waals surface area contributed by atoms with E-state index in [1.165, 1.54) is 13.2 Å². The van der Waals surface area contributed by atoms with Gasteiger partial charge in [-0.05, 0) is 62.4 Å². The van der Waals surface area contributed by atoms with Crippen molar-refractivity contribution >= 4 is 10.0 Å². The summed E-state index contributed by atoms with van der Waals surface area (Å²) in [6, 6.07) is 0. The lowest BCUT2D eigenvalue weighted by molar-refractivity contribution is 0.0658. The molecule has 0 aliphatic heterocycles. The zero-order valence-corrected chi connectivity index (χ0v) is 16.1. The summed E-state index contributed by atoms with van der Waals surface area (Å²) in [7, 11) is -2.47. The van der Waals surface area contributed by atoms with Crippen LogP contribution in [0.2, 0.25) is 0 Å². The fraction of sp³-hybridized carbons (Fsp3) is 0.471. The number of benzene rings is 1. The van der Waals surface area contributed by atoms with Crippen molar-refractivity contribution in [3.05, 3.63) is 46.0 Å². The molecule has 0 unspecified atom stereocenters. The van der Waals surface area contributed by atoms with Gasteiger partial charge in [0.2, 0.25) is 10.0 Å². The molecule has 8 heteroatoms. The smallest absolute Gasteiger partial charge is 0.277 e. The molecule has 0 aliphatic carbocycles. The molecule has 1 heterocycles. The fourth-order valence-corrected chi connectivity index (χ4v) is 4.61. The number of imidazole rings is 1. The van der Waals surface area contributed by atoms with Gasteiger partial charge in [0.1, 0.15) is 5.82 Å². The first-order valence-corrected chi connectivity index (χ1v) is 9.27. The van der Waals surface area contributed by atoms with Gasteiger partial charge >= 0.3 is 6.55 Å². The molecular formula is C17H23F2N3O2S. The Bertz CT molecular complexity index is 876. The average molecular weight is 371 g/mol. The minimum atomic E-state index is -3.85. The maximum absolute atomic E-state index is 13.1. The minimum absolute atomic E-state index is 0.00284. The molecule has 1 aromatic carbocycles. The van der Waals surface area contributed by atoms with E-state index in [-0.39, 0.29) is 17.3 Å². The number of alkyl halides is 2. The first kappa shape index (κ1) is 19.5. The monoisotopic (exact) mass is 371 g/mol. The molecule has 0 saturated heterocycles. The van der Waals surface area contributed by atoms with Crippen LogP contribution in [0.4, 0.5) is 8.78 Å². The Balaban J connectivity index is 2.51. The second-order valence-electron chi connectivity index (χ2n) is 6.24. The Morgan fingerprint density at radius 1 is 1.04 bits per heavy atom. The quantitative estimate of drug-likeness (QED) is 0.806. The summed E-state index contributed by atoms with van der Waals surface area (Å²) in [6.45, 7) is 6.29. The average Bonchev–Trinajstić information content (AvgIpc) is 2.99. The molecule has 0 amide bonds. The van der Waals surface area contributed by atoms with Gasteiger partial charge in [0.05, 0.1) is 11.4 Å². The van der Waals surface area contributed by atoms with Gasteiger partial charge in [0, 0.05) is 19.4 Å². The van der Waals surface area contributed by atoms with Crippen LogP contribution in [0, 0.1) is 34.6 Å². The van der Waals surface area contributed by atoms with Crippen LogP contribution in [0.3, 0.4) is 0 Å². The molecule has 0 radical (unpaired) electrons. The van der Waals surface area contributed by atoms with Crippen LogP contribution < -0.4 is 0 Å². The third-order valence-corrected chi connectivity index (χ3v) is 7.00. The lowest BCUT2D eigenvalue weighted by Gasteiger charge is -2.23. The Morgan fingerprint density at radius 2 is 1.52 bits per heavy atom. The molecule has 0 fully saturated rings. The van der Waals surface area contributed by atoms with Crippen LogP contribution in [0.1, 0.15) is 40.2 Å². The molecule has 2 rings (SSSR count). The molecule has 5 nitrogen and oxygen atoms in total. The molecule has 0 saturated carbocycles. The number of hydrogen-bond donors (Lipinski definition) is 0. The van der Waals surface area contributed by atoms with Crippen molar-refractivity contribution in [2.75, 3.05) is 7.05 Å². The maximum Gasteiger partial charge on any atom is 0.319 e. The normalized spacial score (nSPS) is 12.4. The Kier molecular flexibility index (Phi) is 5.34. The number of hydrogen-bond acceptors (Lipinski definition) is 3. The van der Waals surface area contributed by atoms with Gasteiger partial charge in [-0.2, -0.15) is 13.1 Å². The van der Waals surface area contributed by atoms with Crippen molar-refractivity contribution in [2.24, 2.45) is 0 Å². The van der Waals surface area contributed by atoms with Crippen molar-refractivity contribution < 1.29 is 17.2 Å². The second kappa shape index (κ2) is 6.84. The highest BCUT2D eigenvalue weighted by molar-refractivity contribution is 7.89. The van der Waals surface area contributed by atoms with Gasteiger partial charge in [-0.15, -0.1) is 0 Å². The van der Waals surface area contributed by atoms with Crippen molar-refractivity contribution in [1.82, 2.24) is 13.9 Å². The number of sulfonamides is 1. The molecule has 0 spiro atoms. The largest absolute Gasteiger partial charge is 0.319 e. The number of halogens is 2. The number of aromatic nitrogens is 2. The first-order valence-electron chi connectivity index (χ1n) is 7.83. The fourth-order valence-electron chi connectivity index (χ4n) is 2.94. The van der Waals surface area contributed by atoms with Crippen molar-refractivity contribution in [3.63, 3.8) is 0 Å². The van der Waals surface area contributed by atoms with Gasteiger partial charge in [0.15, 0.2) is 0 Å². The van der Waals surface area contributed by atoms with E-state index in [0.717, 1.165) is 27.2 Å². The van der Waals surface area contributed by atoms with Crippen molar-refractivity contribution in [3.8, 4) is 0 Å². The van der Waals surface area contributed by atoms with E-state index in [9.17, 15) is 17.2 Å².